The minimum Gasteiger partial charge on any atom is -0.386 e. The smallest absolute Gasteiger partial charge is 0.386 e. The predicted molar refractivity (Wildman–Crippen MR) is 118 cm³/mol. The molecule has 23 heteroatoms. The molecule has 2 aromatic heterocycles. The Bertz CT molecular complexity index is 1480. The van der Waals surface area contributed by atoms with Crippen LogP contribution in [-0.4, -0.2) is 68.2 Å². The van der Waals surface area contributed by atoms with Crippen LogP contribution in [0.3, 0.4) is 0 Å². The van der Waals surface area contributed by atoms with Gasteiger partial charge in [-0.25, -0.2) is 18.1 Å². The summed E-state index contributed by atoms with van der Waals surface area (Å²) >= 11 is 5.39. The highest BCUT2D eigenvalue weighted by Crippen LogP contribution is 2.66. The van der Waals surface area contributed by atoms with Crippen molar-refractivity contribution in [3.63, 3.8) is 0 Å². The van der Waals surface area contributed by atoms with Crippen LogP contribution in [0.2, 0.25) is 0 Å². The minimum absolute atomic E-state index is 0.458. The van der Waals surface area contributed by atoms with E-state index in [1.807, 2.05) is 5.92 Å². The number of halogens is 2. The van der Waals surface area contributed by atoms with E-state index in [9.17, 15) is 42.9 Å². The van der Waals surface area contributed by atoms with Crippen molar-refractivity contribution in [3.05, 3.63) is 22.4 Å². The van der Waals surface area contributed by atoms with E-state index in [0.717, 1.165) is 11.5 Å². The zero-order valence-corrected chi connectivity index (χ0v) is 21.3. The molecule has 1 aliphatic heterocycles. The van der Waals surface area contributed by atoms with Crippen molar-refractivity contribution in [2.45, 2.75) is 37.1 Å². The molecule has 3 heterocycles. The molecule has 1 saturated heterocycles. The van der Waals surface area contributed by atoms with Gasteiger partial charge >= 0.3 is 23.5 Å². The van der Waals surface area contributed by atoms with Gasteiger partial charge in [-0.1, -0.05) is 0 Å². The molecular weight excluding hydrogens is 596 g/mol. The molecule has 2 aromatic rings. The molecule has 0 aliphatic carbocycles. The molecule has 0 amide bonds. The average molecular weight is 613 g/mol. The van der Waals surface area contributed by atoms with Gasteiger partial charge in [-0.3, -0.25) is 18.9 Å². The Hall–Kier alpha value is -1.71. The number of hydrogen-bond donors (Lipinski definition) is 8. The largest absolute Gasteiger partial charge is 0.490 e. The number of fused-ring (bicyclic) bond motifs is 1. The van der Waals surface area contributed by atoms with Gasteiger partial charge in [0.05, 0.1) is 6.10 Å². The number of ether oxygens (including phenoxy) is 1. The van der Waals surface area contributed by atoms with Crippen LogP contribution in [0.5, 0.6) is 0 Å². The number of aromatic nitrogens is 3. The molecule has 7 atom stereocenters. The van der Waals surface area contributed by atoms with E-state index >= 15 is 0 Å². The lowest BCUT2D eigenvalue weighted by molar-refractivity contribution is -0.0830. The molecule has 0 radical (unpaired) electrons. The summed E-state index contributed by atoms with van der Waals surface area (Å²) in [4.78, 5) is 54.2. The molecule has 0 bridgehead atoms. The summed E-state index contributed by atoms with van der Waals surface area (Å²) in [5.41, 5.74) is 1.31. The molecule has 1 fully saturated rings. The van der Waals surface area contributed by atoms with Crippen LogP contribution < -0.4 is 11.3 Å². The Labute approximate surface area is 209 Å². The molecule has 18 nitrogen and oxygen atoms in total. The third kappa shape index (κ3) is 6.31. The van der Waals surface area contributed by atoms with Crippen molar-refractivity contribution in [3.8, 4) is 11.3 Å². The third-order valence-corrected chi connectivity index (χ3v) is 8.78. The second-order valence-electron chi connectivity index (χ2n) is 7.38. The van der Waals surface area contributed by atoms with E-state index in [1.54, 1.807) is 5.38 Å². The first-order valence-electron chi connectivity index (χ1n) is 9.37. The van der Waals surface area contributed by atoms with E-state index in [1.165, 1.54) is 0 Å². The first-order chi connectivity index (χ1) is 16.8. The lowest BCUT2D eigenvalue weighted by Gasteiger charge is -2.27. The van der Waals surface area contributed by atoms with E-state index in [0.29, 0.717) is 6.20 Å². The summed E-state index contributed by atoms with van der Waals surface area (Å²) in [6, 6.07) is 0. The fourth-order valence-electron chi connectivity index (χ4n) is 3.46. The lowest BCUT2D eigenvalue weighted by atomic mass is 9.93. The Morgan fingerprint density at radius 3 is 2.49 bits per heavy atom. The number of aliphatic hydroxyl groups excluding tert-OH is 1. The van der Waals surface area contributed by atoms with Crippen molar-refractivity contribution in [2.75, 3.05) is 5.73 Å². The lowest BCUT2D eigenvalue weighted by Crippen LogP contribution is -2.47. The molecular formula is C14H17ClFN4O14P3. The number of H-pyrrole nitrogens is 1. The number of aliphatic hydroxyl groups is 2. The molecule has 0 saturated carbocycles. The Kier molecular flexibility index (Phi) is 8.16. The number of nitrogens with zero attached hydrogens (tertiary/aromatic N) is 2. The average Bonchev–Trinajstić information content (AvgIpc) is 3.13. The first kappa shape index (κ1) is 29.8. The normalized spacial score (nSPS) is 28.3. The van der Waals surface area contributed by atoms with Crippen LogP contribution in [-0.2, 0) is 31.6 Å². The standard InChI is InChI=1S/C14H17ClFN4O14P3/c1-5(32-36(27,28)34-37(29,30)33-35(24,25)26)8-9(21)14(23,2-3-15)12(31-8)20-4-6(16)7-10(20)18-13(17)19-11(7)22/h4-5,8-9,12,21,23H,1H3,(H,27,28)(H,29,30)(H2,24,25,26)(H3,17,18,19,22)/t5-,8+,9-,12+,14?/m0/s1. The highest BCUT2D eigenvalue weighted by atomic mass is 35.5. The fraction of sp³-hybridized carbons (Fsp3) is 0.429. The maximum atomic E-state index is 14.5. The van der Waals surface area contributed by atoms with Gasteiger partial charge in [0.2, 0.25) is 11.5 Å². The summed E-state index contributed by atoms with van der Waals surface area (Å²) in [7, 11) is -17.2. The van der Waals surface area contributed by atoms with Crippen molar-refractivity contribution >= 4 is 52.1 Å². The fourth-order valence-corrected chi connectivity index (χ4v) is 6.81. The third-order valence-electron chi connectivity index (χ3n) is 4.76. The van der Waals surface area contributed by atoms with Gasteiger partial charge in [0.15, 0.2) is 17.7 Å². The molecule has 3 rings (SSSR count). The number of nitrogens with one attached hydrogen (secondary N) is 1. The van der Waals surface area contributed by atoms with Gasteiger partial charge in [0, 0.05) is 11.6 Å². The van der Waals surface area contributed by atoms with Crippen LogP contribution in [0.15, 0.2) is 11.0 Å². The second-order valence-corrected chi connectivity index (χ2v) is 11.9. The van der Waals surface area contributed by atoms with E-state index < -0.39 is 82.0 Å². The van der Waals surface area contributed by atoms with Crippen molar-refractivity contribution in [1.29, 1.82) is 0 Å². The number of rotatable bonds is 8. The van der Waals surface area contributed by atoms with Crippen LogP contribution >= 0.6 is 35.1 Å². The van der Waals surface area contributed by atoms with Crippen LogP contribution in [0.4, 0.5) is 10.3 Å². The zero-order chi connectivity index (χ0) is 28.1. The van der Waals surface area contributed by atoms with Gasteiger partial charge < -0.3 is 40.3 Å². The molecule has 9 N–H and O–H groups in total. The number of phosphoric acid groups is 3. The first-order valence-corrected chi connectivity index (χ1v) is 14.3. The molecule has 206 valence electrons. The monoisotopic (exact) mass is 612 g/mol. The SMILES string of the molecule is C[C@H](OP(=O)(O)OP(=O)(O)OP(=O)(O)O)[C@H]1O[C@@H](n2cc(F)c3c(=O)[nH]c(N)nc32)C(O)(C#CCl)[C@H]1O. The maximum absolute atomic E-state index is 14.5. The summed E-state index contributed by atoms with van der Waals surface area (Å²) in [5.74, 6) is 0.428. The highest BCUT2D eigenvalue weighted by molar-refractivity contribution is 7.66. The Balaban J connectivity index is 1.96. The van der Waals surface area contributed by atoms with Crippen LogP contribution in [0, 0.1) is 17.1 Å². The van der Waals surface area contributed by atoms with Gasteiger partial charge in [0.25, 0.3) is 5.56 Å². The Morgan fingerprint density at radius 1 is 1.30 bits per heavy atom. The molecule has 3 unspecified atom stereocenters. The number of nitrogens with two attached hydrogens (primary N) is 1. The van der Waals surface area contributed by atoms with Gasteiger partial charge in [0.1, 0.15) is 17.6 Å². The second kappa shape index (κ2) is 10.1. The van der Waals surface area contributed by atoms with Crippen molar-refractivity contribution in [1.82, 2.24) is 14.5 Å². The number of aromatic amines is 1. The molecule has 37 heavy (non-hydrogen) atoms. The van der Waals surface area contributed by atoms with Crippen molar-refractivity contribution in [2.24, 2.45) is 0 Å². The molecule has 0 spiro atoms. The van der Waals surface area contributed by atoms with Crippen molar-refractivity contribution < 1.29 is 65.8 Å². The minimum atomic E-state index is -5.86. The van der Waals surface area contributed by atoms with Crippen LogP contribution in [0.1, 0.15) is 13.2 Å². The van der Waals surface area contributed by atoms with Gasteiger partial charge in [-0.15, -0.1) is 0 Å². The number of nitrogen functional groups attached to an aromatic ring is 1. The van der Waals surface area contributed by atoms with Gasteiger partial charge in [-0.05, 0) is 24.4 Å². The molecule has 0 aromatic carbocycles. The topological polar surface area (TPSA) is 286 Å². The number of anilines is 1. The summed E-state index contributed by atoms with van der Waals surface area (Å²) in [6.45, 7) is 0.943. The zero-order valence-electron chi connectivity index (χ0n) is 17.9. The Morgan fingerprint density at radius 2 is 1.92 bits per heavy atom. The van der Waals surface area contributed by atoms with E-state index in [-0.39, 0.29) is 0 Å². The van der Waals surface area contributed by atoms with Crippen LogP contribution in [0.25, 0.3) is 11.0 Å². The summed E-state index contributed by atoms with van der Waals surface area (Å²) in [5, 5.41) is 23.0. The van der Waals surface area contributed by atoms with Gasteiger partial charge in [-0.2, -0.15) is 13.6 Å². The maximum Gasteiger partial charge on any atom is 0.490 e. The quantitative estimate of drug-likeness (QED) is 0.136. The number of hydrogen-bond acceptors (Lipinski definition) is 12. The van der Waals surface area contributed by atoms with E-state index in [4.69, 9.17) is 31.9 Å². The number of phosphoric ester groups is 1. The summed E-state index contributed by atoms with van der Waals surface area (Å²) in [6.07, 6.45) is -7.10. The van der Waals surface area contributed by atoms with E-state index in [2.05, 4.69) is 23.1 Å². The predicted octanol–water partition coefficient (Wildman–Crippen LogP) is -0.633. The molecule has 1 aliphatic rings. The highest BCUT2D eigenvalue weighted by Gasteiger charge is 2.59. The summed E-state index contributed by atoms with van der Waals surface area (Å²) < 4.78 is 67.0.